The Hall–Kier alpha value is -2.14. The Bertz CT molecular complexity index is 853. The molecule has 2 saturated carbocycles. The molecule has 0 radical (unpaired) electrons. The maximum atomic E-state index is 12.5. The van der Waals surface area contributed by atoms with Crippen molar-refractivity contribution in [1.82, 2.24) is 9.80 Å². The number of carbonyl (C=O) groups is 2. The van der Waals surface area contributed by atoms with Gasteiger partial charge in [0.1, 0.15) is 0 Å². The van der Waals surface area contributed by atoms with Gasteiger partial charge >= 0.3 is 0 Å². The molecule has 5 heteroatoms. The van der Waals surface area contributed by atoms with Crippen LogP contribution in [0.4, 0.5) is 0 Å². The molecule has 5 rings (SSSR count). The van der Waals surface area contributed by atoms with Crippen molar-refractivity contribution in [3.8, 4) is 0 Å². The third kappa shape index (κ3) is 6.10. The molecule has 1 spiro atoms. The molecule has 1 N–H and O–H groups in total. The maximum Gasteiger partial charge on any atom is 0.246 e. The number of hydrogen-bond acceptors (Lipinski definition) is 3. The van der Waals surface area contributed by atoms with Crippen molar-refractivity contribution >= 4 is 17.4 Å². The van der Waals surface area contributed by atoms with E-state index in [2.05, 4.69) is 4.90 Å². The van der Waals surface area contributed by atoms with Gasteiger partial charge in [-0.05, 0) is 42.7 Å². The van der Waals surface area contributed by atoms with Gasteiger partial charge in [0.05, 0.1) is 6.10 Å². The third-order valence-electron chi connectivity index (χ3n) is 8.55. The van der Waals surface area contributed by atoms with E-state index in [1.165, 1.54) is 44.9 Å². The fraction of sp³-hybridized carbons (Fsp3) is 0.655. The minimum absolute atomic E-state index is 0.0404. The molecule has 1 aromatic rings. The molecule has 2 heterocycles. The van der Waals surface area contributed by atoms with E-state index < -0.39 is 0 Å². The highest BCUT2D eigenvalue weighted by molar-refractivity contribution is 6.00. The standard InChI is InChI=1S/C18H31NO2.C11H11NO/c20-16-10-13-19(14-18(16)11-4-5-12-18)17(21)9-8-15-6-2-1-3-7-15;1-12-8-10(7-11(12)13)9-5-3-2-4-6-9/h15-16,20H,1-14H2;2-7H,8H2,1H3. The van der Waals surface area contributed by atoms with Crippen molar-refractivity contribution < 1.29 is 14.7 Å². The third-order valence-corrected chi connectivity index (χ3v) is 8.55. The number of amides is 2. The van der Waals surface area contributed by atoms with Crippen LogP contribution in [0.25, 0.3) is 5.57 Å². The van der Waals surface area contributed by atoms with Crippen LogP contribution in [0, 0.1) is 11.3 Å². The van der Waals surface area contributed by atoms with Crippen molar-refractivity contribution in [2.24, 2.45) is 11.3 Å². The van der Waals surface area contributed by atoms with Gasteiger partial charge in [-0.1, -0.05) is 75.3 Å². The van der Waals surface area contributed by atoms with Crippen molar-refractivity contribution in [1.29, 1.82) is 0 Å². The molecule has 5 nitrogen and oxygen atoms in total. The number of benzene rings is 1. The summed E-state index contributed by atoms with van der Waals surface area (Å²) in [5, 5.41) is 10.4. The lowest BCUT2D eigenvalue weighted by molar-refractivity contribution is -0.139. The molecule has 2 amide bonds. The summed E-state index contributed by atoms with van der Waals surface area (Å²) in [6.45, 7) is 2.31. The van der Waals surface area contributed by atoms with Gasteiger partial charge in [0.15, 0.2) is 0 Å². The summed E-state index contributed by atoms with van der Waals surface area (Å²) in [7, 11) is 1.81. The number of nitrogens with zero attached hydrogens (tertiary/aromatic N) is 2. The summed E-state index contributed by atoms with van der Waals surface area (Å²) in [6, 6.07) is 10.00. The monoisotopic (exact) mass is 466 g/mol. The van der Waals surface area contributed by atoms with Crippen LogP contribution in [0.2, 0.25) is 0 Å². The van der Waals surface area contributed by atoms with Crippen LogP contribution >= 0.6 is 0 Å². The largest absolute Gasteiger partial charge is 0.392 e. The van der Waals surface area contributed by atoms with Crippen molar-refractivity contribution in [3.63, 3.8) is 0 Å². The molecule has 1 atom stereocenters. The lowest BCUT2D eigenvalue weighted by Crippen LogP contribution is -2.52. The van der Waals surface area contributed by atoms with Crippen molar-refractivity contribution in [2.75, 3.05) is 26.7 Å². The number of carbonyl (C=O) groups excluding carboxylic acids is 2. The molecule has 1 saturated heterocycles. The summed E-state index contributed by atoms with van der Waals surface area (Å²) in [5.41, 5.74) is 2.28. The predicted molar refractivity (Wildman–Crippen MR) is 136 cm³/mol. The SMILES string of the molecule is CN1CC(c2ccccc2)=CC1=O.O=C(CCC1CCCCC1)N1CCC(O)C2(CCCC2)C1. The van der Waals surface area contributed by atoms with Gasteiger partial charge in [-0.3, -0.25) is 9.59 Å². The van der Waals surface area contributed by atoms with Crippen molar-refractivity contribution in [2.45, 2.75) is 83.2 Å². The lowest BCUT2D eigenvalue weighted by Gasteiger charge is -2.44. The molecule has 1 unspecified atom stereocenters. The van der Waals surface area contributed by atoms with E-state index in [0.29, 0.717) is 5.91 Å². The number of likely N-dealkylation sites (tertiary alicyclic amines) is 1. The Morgan fingerprint density at radius 2 is 1.74 bits per heavy atom. The molecule has 0 bridgehead atoms. The quantitative estimate of drug-likeness (QED) is 0.676. The van der Waals surface area contributed by atoms with Crippen LogP contribution in [0.1, 0.15) is 82.6 Å². The molecule has 2 aliphatic heterocycles. The summed E-state index contributed by atoms with van der Waals surface area (Å²) < 4.78 is 0. The number of aliphatic hydroxyl groups excluding tert-OH is 1. The Morgan fingerprint density at radius 1 is 1.03 bits per heavy atom. The first-order valence-electron chi connectivity index (χ1n) is 13.4. The van der Waals surface area contributed by atoms with Crippen LogP contribution in [0.15, 0.2) is 36.4 Å². The highest BCUT2D eigenvalue weighted by atomic mass is 16.3. The van der Waals surface area contributed by atoms with Crippen molar-refractivity contribution in [3.05, 3.63) is 42.0 Å². The molecule has 4 aliphatic rings. The molecule has 34 heavy (non-hydrogen) atoms. The zero-order chi connectivity index (χ0) is 24.0. The van der Waals surface area contributed by atoms with Gasteiger partial charge in [-0.15, -0.1) is 0 Å². The van der Waals surface area contributed by atoms with Crippen LogP contribution < -0.4 is 0 Å². The van der Waals surface area contributed by atoms with Crippen LogP contribution in [0.3, 0.4) is 0 Å². The minimum atomic E-state index is -0.178. The minimum Gasteiger partial charge on any atom is -0.392 e. The normalized spacial score (nSPS) is 24.7. The molecular weight excluding hydrogens is 424 g/mol. The van der Waals surface area contributed by atoms with E-state index in [1.54, 1.807) is 11.0 Å². The fourth-order valence-electron chi connectivity index (χ4n) is 6.36. The van der Waals surface area contributed by atoms with Gasteiger partial charge in [0.25, 0.3) is 0 Å². The van der Waals surface area contributed by atoms with Crippen LogP contribution in [-0.2, 0) is 9.59 Å². The number of piperidine rings is 1. The first kappa shape index (κ1) is 25.0. The van der Waals surface area contributed by atoms with Gasteiger partial charge in [0, 0.05) is 44.6 Å². The van der Waals surface area contributed by atoms with Crippen LogP contribution in [0.5, 0.6) is 0 Å². The average molecular weight is 467 g/mol. The first-order valence-corrected chi connectivity index (χ1v) is 13.4. The lowest BCUT2D eigenvalue weighted by atomic mass is 9.76. The van der Waals surface area contributed by atoms with E-state index in [1.807, 2.05) is 37.4 Å². The number of hydrogen-bond donors (Lipinski definition) is 1. The van der Waals surface area contributed by atoms with Gasteiger partial charge < -0.3 is 14.9 Å². The van der Waals surface area contributed by atoms with E-state index in [9.17, 15) is 14.7 Å². The number of aliphatic hydroxyl groups is 1. The maximum absolute atomic E-state index is 12.5. The second kappa shape index (κ2) is 11.5. The Labute approximate surface area is 205 Å². The second-order valence-corrected chi connectivity index (χ2v) is 11.0. The summed E-state index contributed by atoms with van der Waals surface area (Å²) in [5.74, 6) is 1.23. The summed E-state index contributed by atoms with van der Waals surface area (Å²) in [4.78, 5) is 27.5. The molecule has 3 fully saturated rings. The fourth-order valence-corrected chi connectivity index (χ4v) is 6.36. The zero-order valence-corrected chi connectivity index (χ0v) is 20.9. The predicted octanol–water partition coefficient (Wildman–Crippen LogP) is 5.04. The second-order valence-electron chi connectivity index (χ2n) is 11.0. The van der Waals surface area contributed by atoms with Gasteiger partial charge in [-0.2, -0.15) is 0 Å². The van der Waals surface area contributed by atoms with E-state index in [-0.39, 0.29) is 17.4 Å². The number of rotatable bonds is 4. The summed E-state index contributed by atoms with van der Waals surface area (Å²) >= 11 is 0. The number of likely N-dealkylation sites (N-methyl/N-ethyl adjacent to an activating group) is 1. The van der Waals surface area contributed by atoms with Crippen LogP contribution in [-0.4, -0.2) is 59.5 Å². The van der Waals surface area contributed by atoms with E-state index in [4.69, 9.17) is 0 Å². The highest BCUT2D eigenvalue weighted by Crippen LogP contribution is 2.45. The van der Waals surface area contributed by atoms with E-state index in [0.717, 1.165) is 68.8 Å². The Kier molecular flexibility index (Phi) is 8.46. The molecular formula is C29H42N2O3. The molecule has 1 aromatic carbocycles. The Balaban J connectivity index is 0.000000180. The van der Waals surface area contributed by atoms with E-state index >= 15 is 0 Å². The Morgan fingerprint density at radius 3 is 2.38 bits per heavy atom. The molecule has 186 valence electrons. The highest BCUT2D eigenvalue weighted by Gasteiger charge is 2.45. The summed E-state index contributed by atoms with van der Waals surface area (Å²) in [6.07, 6.45) is 15.6. The first-order chi connectivity index (χ1) is 16.5. The molecule has 0 aromatic heterocycles. The smallest absolute Gasteiger partial charge is 0.246 e. The van der Waals surface area contributed by atoms with Gasteiger partial charge in [-0.25, -0.2) is 0 Å². The topological polar surface area (TPSA) is 60.9 Å². The average Bonchev–Trinajstić information content (AvgIpc) is 3.48. The zero-order valence-electron chi connectivity index (χ0n) is 20.9. The molecule has 2 aliphatic carbocycles. The van der Waals surface area contributed by atoms with Gasteiger partial charge in [0.2, 0.25) is 11.8 Å².